The summed E-state index contributed by atoms with van der Waals surface area (Å²) in [4.78, 5) is 19.0. The Labute approximate surface area is 161 Å². The van der Waals surface area contributed by atoms with E-state index in [1.165, 1.54) is 6.42 Å². The van der Waals surface area contributed by atoms with Crippen molar-refractivity contribution in [2.24, 2.45) is 0 Å². The SMILES string of the molecule is CC1(C)OB(c2cnc3c(c2)N(C(=O)OC2CCCCC2)CC3)OC1(C)C. The lowest BCUT2D eigenvalue weighted by Gasteiger charge is -2.32. The molecule has 1 saturated carbocycles. The molecule has 27 heavy (non-hydrogen) atoms. The van der Waals surface area contributed by atoms with Crippen molar-refractivity contribution in [1.29, 1.82) is 0 Å². The normalized spacial score (nSPS) is 24.1. The first-order valence-corrected chi connectivity index (χ1v) is 10.1. The van der Waals surface area contributed by atoms with Crippen molar-refractivity contribution in [1.82, 2.24) is 4.98 Å². The molecule has 1 saturated heterocycles. The summed E-state index contributed by atoms with van der Waals surface area (Å²) < 4.78 is 18.0. The molecule has 7 heteroatoms. The van der Waals surface area contributed by atoms with Crippen LogP contribution in [0.15, 0.2) is 12.3 Å². The molecule has 0 radical (unpaired) electrons. The second kappa shape index (κ2) is 6.78. The molecule has 1 aromatic heterocycles. The maximum atomic E-state index is 12.7. The van der Waals surface area contributed by atoms with E-state index in [2.05, 4.69) is 4.98 Å². The lowest BCUT2D eigenvalue weighted by Crippen LogP contribution is -2.41. The van der Waals surface area contributed by atoms with E-state index in [1.807, 2.05) is 33.8 Å². The van der Waals surface area contributed by atoms with Crippen molar-refractivity contribution >= 4 is 24.4 Å². The number of aromatic nitrogens is 1. The number of anilines is 1. The van der Waals surface area contributed by atoms with Gasteiger partial charge in [0, 0.05) is 24.6 Å². The van der Waals surface area contributed by atoms with Crippen LogP contribution in [0.3, 0.4) is 0 Å². The Morgan fingerprint density at radius 3 is 2.52 bits per heavy atom. The zero-order chi connectivity index (χ0) is 19.2. The van der Waals surface area contributed by atoms with E-state index in [9.17, 15) is 4.79 Å². The van der Waals surface area contributed by atoms with Gasteiger partial charge in [-0.15, -0.1) is 0 Å². The molecule has 6 nitrogen and oxygen atoms in total. The number of carbonyl (C=O) groups excluding carboxylic acids is 1. The quantitative estimate of drug-likeness (QED) is 0.746. The molecule has 3 aliphatic rings. The Balaban J connectivity index is 1.51. The van der Waals surface area contributed by atoms with E-state index < -0.39 is 18.3 Å². The van der Waals surface area contributed by atoms with Gasteiger partial charge in [0.25, 0.3) is 0 Å². The molecular formula is C20H29BN2O4. The molecule has 3 heterocycles. The Kier molecular flexibility index (Phi) is 4.71. The van der Waals surface area contributed by atoms with Crippen LogP contribution in [0.1, 0.15) is 65.5 Å². The largest absolute Gasteiger partial charge is 0.496 e. The van der Waals surface area contributed by atoms with Crippen LogP contribution >= 0.6 is 0 Å². The summed E-state index contributed by atoms with van der Waals surface area (Å²) in [6.07, 6.45) is 7.81. The van der Waals surface area contributed by atoms with Crippen LogP contribution in [0.2, 0.25) is 0 Å². The number of carbonyl (C=O) groups is 1. The van der Waals surface area contributed by atoms with Crippen molar-refractivity contribution in [3.05, 3.63) is 18.0 Å². The summed E-state index contributed by atoms with van der Waals surface area (Å²) >= 11 is 0. The highest BCUT2D eigenvalue weighted by atomic mass is 16.7. The molecule has 2 aliphatic heterocycles. The minimum absolute atomic E-state index is 0.0505. The number of ether oxygens (including phenoxy) is 1. The molecule has 4 rings (SSSR count). The van der Waals surface area contributed by atoms with Crippen LogP contribution in [-0.2, 0) is 20.5 Å². The fourth-order valence-electron chi connectivity index (χ4n) is 3.95. The molecular weight excluding hydrogens is 343 g/mol. The van der Waals surface area contributed by atoms with Gasteiger partial charge in [-0.1, -0.05) is 6.42 Å². The smallest absolute Gasteiger partial charge is 0.446 e. The van der Waals surface area contributed by atoms with Crippen LogP contribution in [0.5, 0.6) is 0 Å². The topological polar surface area (TPSA) is 60.9 Å². The number of rotatable bonds is 2. The molecule has 0 bridgehead atoms. The molecule has 0 aromatic carbocycles. The molecule has 0 atom stereocenters. The van der Waals surface area contributed by atoms with Gasteiger partial charge in [0.2, 0.25) is 0 Å². The molecule has 0 N–H and O–H groups in total. The van der Waals surface area contributed by atoms with E-state index in [4.69, 9.17) is 14.0 Å². The van der Waals surface area contributed by atoms with Crippen LogP contribution < -0.4 is 10.4 Å². The fourth-order valence-corrected chi connectivity index (χ4v) is 3.95. The third-order valence-electron chi connectivity index (χ3n) is 6.40. The predicted octanol–water partition coefficient (Wildman–Crippen LogP) is 3.21. The van der Waals surface area contributed by atoms with E-state index in [-0.39, 0.29) is 12.2 Å². The monoisotopic (exact) mass is 372 g/mol. The first-order chi connectivity index (χ1) is 12.8. The average Bonchev–Trinajstić information content (AvgIpc) is 3.13. The Morgan fingerprint density at radius 1 is 1.19 bits per heavy atom. The number of nitrogens with zero attached hydrogens (tertiary/aromatic N) is 2. The first kappa shape index (κ1) is 18.8. The highest BCUT2D eigenvalue weighted by Crippen LogP contribution is 2.37. The Hall–Kier alpha value is -1.60. The summed E-state index contributed by atoms with van der Waals surface area (Å²) in [5, 5.41) is 0. The van der Waals surface area contributed by atoms with Crippen LogP contribution in [0, 0.1) is 0 Å². The van der Waals surface area contributed by atoms with E-state index in [0.29, 0.717) is 6.54 Å². The third kappa shape index (κ3) is 3.47. The van der Waals surface area contributed by atoms with Gasteiger partial charge < -0.3 is 14.0 Å². The summed E-state index contributed by atoms with van der Waals surface area (Å²) in [5.74, 6) is 0. The van der Waals surface area contributed by atoms with Gasteiger partial charge >= 0.3 is 13.2 Å². The van der Waals surface area contributed by atoms with Crippen molar-refractivity contribution in [3.63, 3.8) is 0 Å². The summed E-state index contributed by atoms with van der Waals surface area (Å²) in [7, 11) is -0.482. The van der Waals surface area contributed by atoms with Crippen molar-refractivity contribution in [2.45, 2.75) is 83.5 Å². The molecule has 1 aliphatic carbocycles. The number of pyridine rings is 1. The van der Waals surface area contributed by atoms with Gasteiger partial charge in [-0.3, -0.25) is 9.88 Å². The molecule has 0 unspecified atom stereocenters. The zero-order valence-corrected chi connectivity index (χ0v) is 16.8. The average molecular weight is 372 g/mol. The van der Waals surface area contributed by atoms with Crippen LogP contribution in [0.4, 0.5) is 10.5 Å². The minimum atomic E-state index is -0.482. The van der Waals surface area contributed by atoms with Crippen molar-refractivity contribution in [2.75, 3.05) is 11.4 Å². The first-order valence-electron chi connectivity index (χ1n) is 10.1. The van der Waals surface area contributed by atoms with Gasteiger partial charge in [0.1, 0.15) is 6.10 Å². The lowest BCUT2D eigenvalue weighted by atomic mass is 9.80. The standard InChI is InChI=1S/C20H29BN2O4/c1-19(2)20(3,4)27-21(26-19)14-12-17-16(22-13-14)10-11-23(17)18(24)25-15-8-6-5-7-9-15/h12-13,15H,5-11H2,1-4H3. The molecule has 1 amide bonds. The van der Waals surface area contributed by atoms with Gasteiger partial charge in [-0.25, -0.2) is 4.79 Å². The Bertz CT molecular complexity index is 715. The van der Waals surface area contributed by atoms with Crippen LogP contribution in [-0.4, -0.2) is 42.0 Å². The Morgan fingerprint density at radius 2 is 1.85 bits per heavy atom. The number of hydrogen-bond acceptors (Lipinski definition) is 5. The van der Waals surface area contributed by atoms with Gasteiger partial charge in [0.15, 0.2) is 0 Å². The second-order valence-electron chi connectivity index (χ2n) is 8.87. The van der Waals surface area contributed by atoms with Crippen molar-refractivity contribution in [3.8, 4) is 0 Å². The summed E-state index contributed by atoms with van der Waals surface area (Å²) in [5.41, 5.74) is 1.77. The van der Waals surface area contributed by atoms with Gasteiger partial charge in [0.05, 0.1) is 22.6 Å². The second-order valence-corrected chi connectivity index (χ2v) is 8.87. The molecule has 1 aromatic rings. The molecule has 2 fully saturated rings. The maximum absolute atomic E-state index is 12.7. The lowest BCUT2D eigenvalue weighted by molar-refractivity contribution is 0.00578. The highest BCUT2D eigenvalue weighted by Gasteiger charge is 2.52. The van der Waals surface area contributed by atoms with Gasteiger partial charge in [-0.05, 0) is 59.4 Å². The summed E-state index contributed by atoms with van der Waals surface area (Å²) in [6, 6.07) is 1.97. The summed E-state index contributed by atoms with van der Waals surface area (Å²) in [6.45, 7) is 8.73. The van der Waals surface area contributed by atoms with E-state index >= 15 is 0 Å². The molecule has 0 spiro atoms. The number of fused-ring (bicyclic) bond motifs is 1. The van der Waals surface area contributed by atoms with Crippen molar-refractivity contribution < 1.29 is 18.8 Å². The highest BCUT2D eigenvalue weighted by molar-refractivity contribution is 6.62. The fraction of sp³-hybridized carbons (Fsp3) is 0.700. The molecule has 146 valence electrons. The van der Waals surface area contributed by atoms with Gasteiger partial charge in [-0.2, -0.15) is 0 Å². The third-order valence-corrected chi connectivity index (χ3v) is 6.40. The zero-order valence-electron chi connectivity index (χ0n) is 16.8. The number of hydrogen-bond donors (Lipinski definition) is 0. The minimum Gasteiger partial charge on any atom is -0.446 e. The van der Waals surface area contributed by atoms with E-state index in [0.717, 1.165) is 48.9 Å². The predicted molar refractivity (Wildman–Crippen MR) is 104 cm³/mol. The maximum Gasteiger partial charge on any atom is 0.496 e. The van der Waals surface area contributed by atoms with E-state index in [1.54, 1.807) is 11.1 Å². The van der Waals surface area contributed by atoms with Crippen LogP contribution in [0.25, 0.3) is 0 Å². The number of amides is 1.